The van der Waals surface area contributed by atoms with Gasteiger partial charge in [-0.05, 0) is 13.8 Å². The number of nitrogens with zero attached hydrogens (tertiary/aromatic N) is 1. The smallest absolute Gasteiger partial charge is 0.362 e. The lowest BCUT2D eigenvalue weighted by atomic mass is 10.3. The molecule has 3 heteroatoms. The Morgan fingerprint density at radius 1 is 1.45 bits per heavy atom. The number of rotatable bonds is 2. The van der Waals surface area contributed by atoms with Gasteiger partial charge < -0.3 is 9.22 Å². The van der Waals surface area contributed by atoms with Crippen LogP contribution in [0, 0.1) is 0 Å². The van der Waals surface area contributed by atoms with E-state index in [1.807, 2.05) is 0 Å². The monoisotopic (exact) mass is 158 g/mol. The summed E-state index contributed by atoms with van der Waals surface area (Å²) in [5.74, 6) is -0.0417. The van der Waals surface area contributed by atoms with Gasteiger partial charge in [0.1, 0.15) is 13.2 Å². The van der Waals surface area contributed by atoms with E-state index in [2.05, 4.69) is 13.8 Å². The molecule has 0 aromatic carbocycles. The number of esters is 1. The zero-order chi connectivity index (χ0) is 8.32. The molecule has 0 aromatic heterocycles. The van der Waals surface area contributed by atoms with Crippen molar-refractivity contribution < 1.29 is 14.0 Å². The Kier molecular flexibility index (Phi) is 2.49. The second kappa shape index (κ2) is 3.22. The summed E-state index contributed by atoms with van der Waals surface area (Å²) in [5, 5.41) is 0. The molecule has 3 nitrogen and oxygen atoms in total. The van der Waals surface area contributed by atoms with Gasteiger partial charge in [-0.3, -0.25) is 0 Å². The Balaban J connectivity index is 2.59. The largest absolute Gasteiger partial charge is 0.456 e. The number of quaternary nitrogens is 1. The molecule has 0 radical (unpaired) electrons. The Bertz CT molecular complexity index is 152. The number of cyclic esters (lactones) is 1. The van der Waals surface area contributed by atoms with E-state index in [-0.39, 0.29) is 5.97 Å². The van der Waals surface area contributed by atoms with Crippen molar-refractivity contribution in [2.75, 3.05) is 32.8 Å². The van der Waals surface area contributed by atoms with Crippen LogP contribution < -0.4 is 0 Å². The average Bonchev–Trinajstić information content (AvgIpc) is 2.04. The highest BCUT2D eigenvalue weighted by Crippen LogP contribution is 2.10. The molecule has 11 heavy (non-hydrogen) atoms. The van der Waals surface area contributed by atoms with Crippen molar-refractivity contribution in [3.8, 4) is 0 Å². The standard InChI is InChI=1S/C8H16NO2/c1-3-9(4-2)5-6-11-8(10)7-9/h3-7H2,1-2H3/q+1. The van der Waals surface area contributed by atoms with E-state index < -0.39 is 0 Å². The minimum atomic E-state index is -0.0417. The molecule has 0 amide bonds. The maximum Gasteiger partial charge on any atom is 0.362 e. The molecule has 1 heterocycles. The van der Waals surface area contributed by atoms with Crippen molar-refractivity contribution >= 4 is 5.97 Å². The number of ether oxygens (including phenoxy) is 1. The molecular weight excluding hydrogens is 142 g/mol. The van der Waals surface area contributed by atoms with Crippen molar-refractivity contribution in [1.82, 2.24) is 0 Å². The van der Waals surface area contributed by atoms with Crippen LogP contribution in [-0.4, -0.2) is 43.2 Å². The topological polar surface area (TPSA) is 26.3 Å². The average molecular weight is 158 g/mol. The van der Waals surface area contributed by atoms with Crippen LogP contribution in [0.15, 0.2) is 0 Å². The highest BCUT2D eigenvalue weighted by Gasteiger charge is 2.31. The molecular formula is C8H16NO2+. The highest BCUT2D eigenvalue weighted by molar-refractivity contribution is 5.71. The van der Waals surface area contributed by atoms with Gasteiger partial charge in [0.2, 0.25) is 0 Å². The normalized spacial score (nSPS) is 22.9. The molecule has 0 aliphatic carbocycles. The van der Waals surface area contributed by atoms with Gasteiger partial charge in [0, 0.05) is 0 Å². The van der Waals surface area contributed by atoms with Gasteiger partial charge in [-0.1, -0.05) is 0 Å². The molecule has 1 rings (SSSR count). The first-order valence-corrected chi connectivity index (χ1v) is 4.23. The molecule has 0 N–H and O–H groups in total. The minimum absolute atomic E-state index is 0.0417. The third kappa shape index (κ3) is 1.71. The fourth-order valence-corrected chi connectivity index (χ4v) is 1.52. The molecule has 1 saturated heterocycles. The van der Waals surface area contributed by atoms with Crippen LogP contribution in [0.25, 0.3) is 0 Å². The zero-order valence-electron chi connectivity index (χ0n) is 7.30. The Morgan fingerprint density at radius 2 is 2.09 bits per heavy atom. The summed E-state index contributed by atoms with van der Waals surface area (Å²) in [6.07, 6.45) is 0. The van der Waals surface area contributed by atoms with Gasteiger partial charge in [-0.25, -0.2) is 4.79 Å². The minimum Gasteiger partial charge on any atom is -0.456 e. The molecule has 64 valence electrons. The predicted octanol–water partition coefficient (Wildman–Crippen LogP) is 0.400. The lowest BCUT2D eigenvalue weighted by Gasteiger charge is -2.38. The molecule has 1 fully saturated rings. The Hall–Kier alpha value is -0.570. The van der Waals surface area contributed by atoms with Crippen molar-refractivity contribution in [3.05, 3.63) is 0 Å². The van der Waals surface area contributed by atoms with E-state index in [1.54, 1.807) is 0 Å². The molecule has 0 aromatic rings. The number of morpholine rings is 1. The van der Waals surface area contributed by atoms with Crippen LogP contribution in [0.5, 0.6) is 0 Å². The van der Waals surface area contributed by atoms with Crippen LogP contribution in [0.3, 0.4) is 0 Å². The third-order valence-corrected chi connectivity index (χ3v) is 2.63. The summed E-state index contributed by atoms with van der Waals surface area (Å²) in [5.41, 5.74) is 0. The molecule has 0 unspecified atom stereocenters. The van der Waals surface area contributed by atoms with Gasteiger partial charge in [0.15, 0.2) is 6.54 Å². The van der Waals surface area contributed by atoms with Gasteiger partial charge in [-0.2, -0.15) is 0 Å². The molecule has 1 aliphatic rings. The first kappa shape index (κ1) is 8.53. The van der Waals surface area contributed by atoms with Crippen LogP contribution >= 0.6 is 0 Å². The van der Waals surface area contributed by atoms with Crippen molar-refractivity contribution in [1.29, 1.82) is 0 Å². The summed E-state index contributed by atoms with van der Waals surface area (Å²) in [7, 11) is 0. The van der Waals surface area contributed by atoms with Crippen LogP contribution in [-0.2, 0) is 9.53 Å². The van der Waals surface area contributed by atoms with E-state index in [4.69, 9.17) is 4.74 Å². The van der Waals surface area contributed by atoms with Crippen LogP contribution in [0.4, 0.5) is 0 Å². The number of hydrogen-bond donors (Lipinski definition) is 0. The summed E-state index contributed by atoms with van der Waals surface area (Å²) in [6.45, 7) is 8.47. The van der Waals surface area contributed by atoms with Gasteiger partial charge >= 0.3 is 5.97 Å². The Morgan fingerprint density at radius 3 is 2.45 bits per heavy atom. The molecule has 0 saturated carbocycles. The zero-order valence-corrected chi connectivity index (χ0v) is 7.30. The van der Waals surface area contributed by atoms with Crippen molar-refractivity contribution in [2.45, 2.75) is 13.8 Å². The molecule has 0 bridgehead atoms. The SMILES string of the molecule is CC[N+]1(CC)CCOC(=O)C1. The fraction of sp³-hybridized carbons (Fsp3) is 0.875. The van der Waals surface area contributed by atoms with Crippen LogP contribution in [0.2, 0.25) is 0 Å². The summed E-state index contributed by atoms with van der Waals surface area (Å²) in [4.78, 5) is 11.0. The second-order valence-corrected chi connectivity index (χ2v) is 3.08. The van der Waals surface area contributed by atoms with E-state index >= 15 is 0 Å². The van der Waals surface area contributed by atoms with Gasteiger partial charge in [0.25, 0.3) is 0 Å². The highest BCUT2D eigenvalue weighted by atomic mass is 16.5. The fourth-order valence-electron chi connectivity index (χ4n) is 1.52. The maximum absolute atomic E-state index is 11.0. The first-order valence-electron chi connectivity index (χ1n) is 4.23. The summed E-state index contributed by atoms with van der Waals surface area (Å²) < 4.78 is 5.78. The lowest BCUT2D eigenvalue weighted by molar-refractivity contribution is -0.922. The number of carbonyl (C=O) groups is 1. The number of hydrogen-bond acceptors (Lipinski definition) is 2. The summed E-state index contributed by atoms with van der Waals surface area (Å²) in [6, 6.07) is 0. The molecule has 0 atom stereocenters. The second-order valence-electron chi connectivity index (χ2n) is 3.08. The first-order chi connectivity index (χ1) is 5.22. The van der Waals surface area contributed by atoms with E-state index in [0.29, 0.717) is 13.2 Å². The Labute approximate surface area is 67.5 Å². The van der Waals surface area contributed by atoms with Gasteiger partial charge in [-0.15, -0.1) is 0 Å². The van der Waals surface area contributed by atoms with Gasteiger partial charge in [0.05, 0.1) is 13.1 Å². The van der Waals surface area contributed by atoms with E-state index in [1.165, 1.54) is 0 Å². The third-order valence-electron chi connectivity index (χ3n) is 2.63. The van der Waals surface area contributed by atoms with E-state index in [0.717, 1.165) is 24.1 Å². The molecule has 1 aliphatic heterocycles. The quantitative estimate of drug-likeness (QED) is 0.429. The predicted molar refractivity (Wildman–Crippen MR) is 42.0 cm³/mol. The van der Waals surface area contributed by atoms with Crippen molar-refractivity contribution in [3.63, 3.8) is 0 Å². The molecule has 0 spiro atoms. The number of likely N-dealkylation sites (N-methyl/N-ethyl adjacent to an activating group) is 1. The number of carbonyl (C=O) groups excluding carboxylic acids is 1. The van der Waals surface area contributed by atoms with Crippen molar-refractivity contribution in [2.24, 2.45) is 0 Å². The maximum atomic E-state index is 11.0. The van der Waals surface area contributed by atoms with E-state index in [9.17, 15) is 4.79 Å². The lowest BCUT2D eigenvalue weighted by Crippen LogP contribution is -2.56. The van der Waals surface area contributed by atoms with Crippen LogP contribution in [0.1, 0.15) is 13.8 Å². The summed E-state index contributed by atoms with van der Waals surface area (Å²) >= 11 is 0.